The number of amides is 1. The number of para-hydroxylation sites is 1. The van der Waals surface area contributed by atoms with Gasteiger partial charge in [0, 0.05) is 24.6 Å². The van der Waals surface area contributed by atoms with E-state index < -0.39 is 0 Å². The molecule has 4 nitrogen and oxygen atoms in total. The Bertz CT molecular complexity index is 694. The summed E-state index contributed by atoms with van der Waals surface area (Å²) in [6.45, 7) is 6.05. The number of nitrogens with zero attached hydrogens (tertiary/aromatic N) is 1. The molecule has 1 fully saturated rings. The van der Waals surface area contributed by atoms with Gasteiger partial charge in [0.25, 0.3) is 0 Å². The van der Waals surface area contributed by atoms with Gasteiger partial charge in [-0.2, -0.15) is 0 Å². The molecule has 26 heavy (non-hydrogen) atoms. The Morgan fingerprint density at radius 3 is 2.50 bits per heavy atom. The summed E-state index contributed by atoms with van der Waals surface area (Å²) in [6.07, 6.45) is 1.84. The molecule has 2 aromatic rings. The van der Waals surface area contributed by atoms with Crippen molar-refractivity contribution in [3.05, 3.63) is 65.7 Å². The van der Waals surface area contributed by atoms with Crippen molar-refractivity contribution >= 4 is 5.91 Å². The first-order valence-corrected chi connectivity index (χ1v) is 9.51. The topological polar surface area (TPSA) is 41.6 Å². The maximum absolute atomic E-state index is 12.5. The predicted octanol–water partition coefficient (Wildman–Crippen LogP) is 3.61. The maximum Gasteiger partial charge on any atom is 0.223 e. The van der Waals surface area contributed by atoms with Gasteiger partial charge in [-0.05, 0) is 44.5 Å². The molecule has 0 aliphatic carbocycles. The molecule has 1 N–H and O–H groups in total. The normalized spacial score (nSPS) is 15.6. The molecule has 0 spiro atoms. The van der Waals surface area contributed by atoms with Gasteiger partial charge in [-0.3, -0.25) is 9.69 Å². The van der Waals surface area contributed by atoms with Crippen molar-refractivity contribution in [1.82, 2.24) is 10.2 Å². The van der Waals surface area contributed by atoms with Gasteiger partial charge in [0.15, 0.2) is 0 Å². The van der Waals surface area contributed by atoms with Crippen molar-refractivity contribution in [2.45, 2.75) is 32.9 Å². The van der Waals surface area contributed by atoms with Crippen LogP contribution >= 0.6 is 0 Å². The fraction of sp³-hybridized carbons (Fsp3) is 0.409. The average molecular weight is 352 g/mol. The van der Waals surface area contributed by atoms with E-state index in [-0.39, 0.29) is 11.8 Å². The quantitative estimate of drug-likeness (QED) is 0.828. The van der Waals surface area contributed by atoms with Crippen molar-refractivity contribution in [2.24, 2.45) is 5.92 Å². The number of ether oxygens (including phenoxy) is 1. The highest BCUT2D eigenvalue weighted by molar-refractivity contribution is 5.78. The van der Waals surface area contributed by atoms with Gasteiger partial charge in [0.2, 0.25) is 5.91 Å². The number of benzene rings is 2. The third-order valence-corrected chi connectivity index (χ3v) is 4.93. The highest BCUT2D eigenvalue weighted by atomic mass is 16.5. The van der Waals surface area contributed by atoms with Crippen LogP contribution in [0.4, 0.5) is 0 Å². The minimum Gasteiger partial charge on any atom is -0.494 e. The predicted molar refractivity (Wildman–Crippen MR) is 104 cm³/mol. The maximum atomic E-state index is 12.5. The molecule has 3 rings (SSSR count). The Kier molecular flexibility index (Phi) is 6.67. The van der Waals surface area contributed by atoms with E-state index in [9.17, 15) is 4.79 Å². The van der Waals surface area contributed by atoms with Crippen LogP contribution < -0.4 is 10.1 Å². The standard InChI is InChI=1S/C22H28N2O2/c1-2-26-21-11-7-6-10-20(21)16-23-22(25)19-12-14-24(15-13-19)17-18-8-4-3-5-9-18/h3-11,19H,2,12-17H2,1H3,(H,23,25). The monoisotopic (exact) mass is 352 g/mol. The summed E-state index contributed by atoms with van der Waals surface area (Å²) in [5, 5.41) is 3.09. The van der Waals surface area contributed by atoms with E-state index in [2.05, 4.69) is 34.5 Å². The lowest BCUT2D eigenvalue weighted by atomic mass is 9.95. The number of nitrogens with one attached hydrogen (secondary N) is 1. The van der Waals surface area contributed by atoms with Crippen molar-refractivity contribution in [1.29, 1.82) is 0 Å². The molecule has 0 saturated carbocycles. The molecule has 2 aromatic carbocycles. The lowest BCUT2D eigenvalue weighted by Gasteiger charge is -2.31. The van der Waals surface area contributed by atoms with E-state index >= 15 is 0 Å². The largest absolute Gasteiger partial charge is 0.494 e. The molecule has 0 atom stereocenters. The molecule has 1 aliphatic heterocycles. The fourth-order valence-electron chi connectivity index (χ4n) is 3.47. The summed E-state index contributed by atoms with van der Waals surface area (Å²) in [4.78, 5) is 15.0. The minimum atomic E-state index is 0.112. The van der Waals surface area contributed by atoms with Crippen LogP contribution in [0.2, 0.25) is 0 Å². The summed E-state index contributed by atoms with van der Waals surface area (Å²) < 4.78 is 5.63. The van der Waals surface area contributed by atoms with Crippen molar-refractivity contribution < 1.29 is 9.53 Å². The van der Waals surface area contributed by atoms with Gasteiger partial charge < -0.3 is 10.1 Å². The Morgan fingerprint density at radius 1 is 1.08 bits per heavy atom. The van der Waals surface area contributed by atoms with Crippen LogP contribution in [0.25, 0.3) is 0 Å². The number of rotatable bonds is 7. The third-order valence-electron chi connectivity index (χ3n) is 4.93. The second kappa shape index (κ2) is 9.39. The van der Waals surface area contributed by atoms with Crippen LogP contribution in [-0.4, -0.2) is 30.5 Å². The molecule has 0 aromatic heterocycles. The summed E-state index contributed by atoms with van der Waals surface area (Å²) in [5.41, 5.74) is 2.37. The van der Waals surface area contributed by atoms with Crippen LogP contribution in [-0.2, 0) is 17.9 Å². The third kappa shape index (κ3) is 5.09. The van der Waals surface area contributed by atoms with Gasteiger partial charge in [0.1, 0.15) is 5.75 Å². The Hall–Kier alpha value is -2.33. The van der Waals surface area contributed by atoms with Gasteiger partial charge in [-0.15, -0.1) is 0 Å². The molecule has 0 bridgehead atoms. The smallest absolute Gasteiger partial charge is 0.223 e. The molecule has 1 heterocycles. The molecule has 138 valence electrons. The second-order valence-electron chi connectivity index (χ2n) is 6.79. The fourth-order valence-corrected chi connectivity index (χ4v) is 3.47. The van der Waals surface area contributed by atoms with Crippen LogP contribution in [0.3, 0.4) is 0 Å². The average Bonchev–Trinajstić information content (AvgIpc) is 2.69. The van der Waals surface area contributed by atoms with Crippen LogP contribution in [0, 0.1) is 5.92 Å². The molecule has 4 heteroatoms. The van der Waals surface area contributed by atoms with E-state index in [1.54, 1.807) is 0 Å². The lowest BCUT2D eigenvalue weighted by Crippen LogP contribution is -2.40. The van der Waals surface area contributed by atoms with Gasteiger partial charge >= 0.3 is 0 Å². The molecular formula is C22H28N2O2. The first-order valence-electron chi connectivity index (χ1n) is 9.51. The van der Waals surface area contributed by atoms with Crippen molar-refractivity contribution in [2.75, 3.05) is 19.7 Å². The summed E-state index contributed by atoms with van der Waals surface area (Å²) in [6, 6.07) is 18.4. The number of carbonyl (C=O) groups excluding carboxylic acids is 1. The van der Waals surface area contributed by atoms with Gasteiger partial charge in [-0.1, -0.05) is 48.5 Å². The van der Waals surface area contributed by atoms with E-state index in [4.69, 9.17) is 4.74 Å². The summed E-state index contributed by atoms with van der Waals surface area (Å²) in [5.74, 6) is 1.13. The number of likely N-dealkylation sites (tertiary alicyclic amines) is 1. The lowest BCUT2D eigenvalue weighted by molar-refractivity contribution is -0.126. The highest BCUT2D eigenvalue weighted by Gasteiger charge is 2.24. The number of piperidine rings is 1. The van der Waals surface area contributed by atoms with Crippen molar-refractivity contribution in [3.8, 4) is 5.75 Å². The molecule has 1 aliphatic rings. The zero-order valence-electron chi connectivity index (χ0n) is 15.5. The van der Waals surface area contributed by atoms with E-state index in [0.717, 1.165) is 43.8 Å². The molecule has 1 amide bonds. The summed E-state index contributed by atoms with van der Waals surface area (Å²) >= 11 is 0. The first-order chi connectivity index (χ1) is 12.8. The first kappa shape index (κ1) is 18.5. The van der Waals surface area contributed by atoms with Crippen molar-refractivity contribution in [3.63, 3.8) is 0 Å². The van der Waals surface area contributed by atoms with Crippen LogP contribution in [0.15, 0.2) is 54.6 Å². The van der Waals surface area contributed by atoms with Crippen LogP contribution in [0.5, 0.6) is 5.75 Å². The number of hydrogen-bond acceptors (Lipinski definition) is 3. The van der Waals surface area contributed by atoms with Gasteiger partial charge in [0.05, 0.1) is 6.61 Å². The van der Waals surface area contributed by atoms with E-state index in [0.29, 0.717) is 13.2 Å². The van der Waals surface area contributed by atoms with E-state index in [1.807, 2.05) is 37.3 Å². The zero-order chi connectivity index (χ0) is 18.2. The second-order valence-corrected chi connectivity index (χ2v) is 6.79. The molecule has 0 radical (unpaired) electrons. The minimum absolute atomic E-state index is 0.112. The van der Waals surface area contributed by atoms with Gasteiger partial charge in [-0.25, -0.2) is 0 Å². The molecule has 1 saturated heterocycles. The van der Waals surface area contributed by atoms with E-state index in [1.165, 1.54) is 5.56 Å². The number of hydrogen-bond donors (Lipinski definition) is 1. The Labute approximate surface area is 156 Å². The highest BCUT2D eigenvalue weighted by Crippen LogP contribution is 2.21. The molecular weight excluding hydrogens is 324 g/mol. The number of carbonyl (C=O) groups is 1. The molecule has 0 unspecified atom stereocenters. The van der Waals surface area contributed by atoms with Crippen LogP contribution in [0.1, 0.15) is 30.9 Å². The Balaban J connectivity index is 1.45. The summed E-state index contributed by atoms with van der Waals surface area (Å²) in [7, 11) is 0. The Morgan fingerprint density at radius 2 is 1.77 bits per heavy atom. The zero-order valence-corrected chi connectivity index (χ0v) is 15.5. The SMILES string of the molecule is CCOc1ccccc1CNC(=O)C1CCN(Cc2ccccc2)CC1.